The van der Waals surface area contributed by atoms with Crippen LogP contribution >= 0.6 is 11.3 Å². The van der Waals surface area contributed by atoms with Gasteiger partial charge in [0.2, 0.25) is 0 Å². The van der Waals surface area contributed by atoms with E-state index < -0.39 is 0 Å². The van der Waals surface area contributed by atoms with E-state index in [1.54, 1.807) is 11.3 Å². The quantitative estimate of drug-likeness (QED) is 0.549. The number of aromatic nitrogens is 1. The minimum Gasteiger partial charge on any atom is -0.312 e. The third-order valence-electron chi connectivity index (χ3n) is 2.05. The zero-order valence-corrected chi connectivity index (χ0v) is 10.2. The van der Waals surface area contributed by atoms with Crippen LogP contribution in [-0.2, 0) is 0 Å². The molecule has 2 N–H and O–H groups in total. The van der Waals surface area contributed by atoms with Gasteiger partial charge in [-0.3, -0.25) is 0 Å². The fraction of sp³-hybridized carbons (Fsp3) is 0.545. The smallest absolute Gasteiger partial charge is 0.109 e. The second-order valence-corrected chi connectivity index (χ2v) is 4.74. The van der Waals surface area contributed by atoms with E-state index in [0.29, 0.717) is 6.04 Å². The molecule has 1 unspecified atom stereocenters. The van der Waals surface area contributed by atoms with Gasteiger partial charge in [-0.2, -0.15) is 0 Å². The van der Waals surface area contributed by atoms with Crippen LogP contribution in [0.4, 0.5) is 0 Å². The zero-order valence-electron chi connectivity index (χ0n) is 9.42. The van der Waals surface area contributed by atoms with Gasteiger partial charge in [-0.25, -0.2) is 4.98 Å². The SMILES string of the molecule is C=CCNCCNC(C)c1ncc(C)s1. The first-order chi connectivity index (χ1) is 7.24. The molecular formula is C11H19N3S. The predicted molar refractivity (Wildman–Crippen MR) is 66.3 cm³/mol. The van der Waals surface area contributed by atoms with Gasteiger partial charge in [0, 0.05) is 30.7 Å². The molecule has 84 valence electrons. The van der Waals surface area contributed by atoms with Crippen molar-refractivity contribution in [2.45, 2.75) is 19.9 Å². The van der Waals surface area contributed by atoms with Gasteiger partial charge in [0.05, 0.1) is 6.04 Å². The summed E-state index contributed by atoms with van der Waals surface area (Å²) in [7, 11) is 0. The molecule has 0 radical (unpaired) electrons. The van der Waals surface area contributed by atoms with E-state index in [9.17, 15) is 0 Å². The molecule has 4 heteroatoms. The lowest BCUT2D eigenvalue weighted by molar-refractivity contribution is 0.554. The molecule has 0 bridgehead atoms. The molecule has 1 atom stereocenters. The first kappa shape index (κ1) is 12.4. The predicted octanol–water partition coefficient (Wildman–Crippen LogP) is 1.88. The van der Waals surface area contributed by atoms with E-state index in [4.69, 9.17) is 0 Å². The van der Waals surface area contributed by atoms with Gasteiger partial charge >= 0.3 is 0 Å². The number of rotatable bonds is 7. The van der Waals surface area contributed by atoms with Crippen LogP contribution in [0.3, 0.4) is 0 Å². The molecule has 1 heterocycles. The maximum atomic E-state index is 4.35. The zero-order chi connectivity index (χ0) is 11.1. The van der Waals surface area contributed by atoms with Crippen molar-refractivity contribution < 1.29 is 0 Å². The van der Waals surface area contributed by atoms with Crippen LogP contribution in [0.25, 0.3) is 0 Å². The Bertz CT molecular complexity index is 296. The summed E-state index contributed by atoms with van der Waals surface area (Å²) in [5.74, 6) is 0. The lowest BCUT2D eigenvalue weighted by Crippen LogP contribution is -2.29. The third-order valence-corrected chi connectivity index (χ3v) is 3.15. The molecule has 0 aromatic carbocycles. The maximum Gasteiger partial charge on any atom is 0.109 e. The van der Waals surface area contributed by atoms with Crippen molar-refractivity contribution >= 4 is 11.3 Å². The summed E-state index contributed by atoms with van der Waals surface area (Å²) >= 11 is 1.75. The Labute approximate surface area is 95.6 Å². The Morgan fingerprint density at radius 3 is 3.00 bits per heavy atom. The average molecular weight is 225 g/mol. The van der Waals surface area contributed by atoms with Crippen molar-refractivity contribution in [1.29, 1.82) is 0 Å². The normalized spacial score (nSPS) is 12.7. The first-order valence-electron chi connectivity index (χ1n) is 5.21. The van der Waals surface area contributed by atoms with Gasteiger partial charge in [0.25, 0.3) is 0 Å². The average Bonchev–Trinajstić information content (AvgIpc) is 2.64. The monoisotopic (exact) mass is 225 g/mol. The van der Waals surface area contributed by atoms with Crippen molar-refractivity contribution in [3.8, 4) is 0 Å². The molecule has 15 heavy (non-hydrogen) atoms. The highest BCUT2D eigenvalue weighted by Crippen LogP contribution is 2.18. The Kier molecular flexibility index (Phi) is 5.53. The molecule has 1 aromatic heterocycles. The van der Waals surface area contributed by atoms with Crippen molar-refractivity contribution in [2.75, 3.05) is 19.6 Å². The second kappa shape index (κ2) is 6.71. The highest BCUT2D eigenvalue weighted by atomic mass is 32.1. The summed E-state index contributed by atoms with van der Waals surface area (Å²) in [5, 5.41) is 7.83. The van der Waals surface area contributed by atoms with Gasteiger partial charge in [-0.05, 0) is 13.8 Å². The molecule has 1 aromatic rings. The molecule has 3 nitrogen and oxygen atoms in total. The van der Waals surface area contributed by atoms with Crippen molar-refractivity contribution in [2.24, 2.45) is 0 Å². The van der Waals surface area contributed by atoms with E-state index in [1.165, 1.54) is 4.88 Å². The molecule has 0 saturated carbocycles. The molecule has 0 aliphatic rings. The topological polar surface area (TPSA) is 37.0 Å². The first-order valence-corrected chi connectivity index (χ1v) is 6.03. The van der Waals surface area contributed by atoms with Gasteiger partial charge in [-0.1, -0.05) is 6.08 Å². The molecule has 0 spiro atoms. The summed E-state index contributed by atoms with van der Waals surface area (Å²) < 4.78 is 0. The molecule has 0 saturated heterocycles. The van der Waals surface area contributed by atoms with Crippen LogP contribution in [0.5, 0.6) is 0 Å². The highest BCUT2D eigenvalue weighted by Gasteiger charge is 2.07. The van der Waals surface area contributed by atoms with E-state index in [-0.39, 0.29) is 0 Å². The fourth-order valence-corrected chi connectivity index (χ4v) is 2.04. The molecule has 0 aliphatic heterocycles. The number of nitrogens with one attached hydrogen (secondary N) is 2. The molecule has 0 aliphatic carbocycles. The summed E-state index contributed by atoms with van der Waals surface area (Å²) in [6.45, 7) is 10.7. The summed E-state index contributed by atoms with van der Waals surface area (Å²) in [6, 6.07) is 0.342. The van der Waals surface area contributed by atoms with E-state index >= 15 is 0 Å². The summed E-state index contributed by atoms with van der Waals surface area (Å²) in [5.41, 5.74) is 0. The molecule has 0 amide bonds. The lowest BCUT2D eigenvalue weighted by atomic mass is 10.3. The van der Waals surface area contributed by atoms with Crippen LogP contribution in [0.2, 0.25) is 0 Å². The maximum absolute atomic E-state index is 4.35. The summed E-state index contributed by atoms with van der Waals surface area (Å²) in [6.07, 6.45) is 3.79. The van der Waals surface area contributed by atoms with Crippen LogP contribution in [0.15, 0.2) is 18.9 Å². The molecule has 0 fully saturated rings. The molecule has 1 rings (SSSR count). The van der Waals surface area contributed by atoms with Crippen LogP contribution in [0.1, 0.15) is 22.9 Å². The van der Waals surface area contributed by atoms with Crippen molar-refractivity contribution in [3.05, 3.63) is 28.7 Å². The van der Waals surface area contributed by atoms with Crippen LogP contribution in [-0.4, -0.2) is 24.6 Å². The number of hydrogen-bond acceptors (Lipinski definition) is 4. The van der Waals surface area contributed by atoms with Crippen LogP contribution < -0.4 is 10.6 Å². The highest BCUT2D eigenvalue weighted by molar-refractivity contribution is 7.11. The molecular weight excluding hydrogens is 206 g/mol. The van der Waals surface area contributed by atoms with Crippen molar-refractivity contribution in [3.63, 3.8) is 0 Å². The minimum absolute atomic E-state index is 0.342. The van der Waals surface area contributed by atoms with Gasteiger partial charge < -0.3 is 10.6 Å². The summed E-state index contributed by atoms with van der Waals surface area (Å²) in [4.78, 5) is 5.62. The van der Waals surface area contributed by atoms with Gasteiger partial charge in [0.15, 0.2) is 0 Å². The Hall–Kier alpha value is -0.710. The Morgan fingerprint density at radius 1 is 1.60 bits per heavy atom. The van der Waals surface area contributed by atoms with Gasteiger partial charge in [-0.15, -0.1) is 17.9 Å². The minimum atomic E-state index is 0.342. The largest absolute Gasteiger partial charge is 0.312 e. The Morgan fingerprint density at radius 2 is 2.40 bits per heavy atom. The number of hydrogen-bond donors (Lipinski definition) is 2. The number of thiazole rings is 1. The Balaban J connectivity index is 2.18. The fourth-order valence-electron chi connectivity index (χ4n) is 1.24. The van der Waals surface area contributed by atoms with E-state index in [0.717, 1.165) is 24.6 Å². The van der Waals surface area contributed by atoms with Gasteiger partial charge in [0.1, 0.15) is 5.01 Å². The van der Waals surface area contributed by atoms with E-state index in [2.05, 4.69) is 36.0 Å². The lowest BCUT2D eigenvalue weighted by Gasteiger charge is -2.10. The number of nitrogens with zero attached hydrogens (tertiary/aromatic N) is 1. The third kappa shape index (κ3) is 4.55. The standard InChI is InChI=1S/C11H19N3S/c1-4-5-12-6-7-13-10(3)11-14-8-9(2)15-11/h4,8,10,12-13H,1,5-7H2,2-3H3. The van der Waals surface area contributed by atoms with Crippen molar-refractivity contribution in [1.82, 2.24) is 15.6 Å². The van der Waals surface area contributed by atoms with Crippen LogP contribution in [0, 0.1) is 6.92 Å². The van der Waals surface area contributed by atoms with E-state index in [1.807, 2.05) is 12.3 Å². The second-order valence-electron chi connectivity index (χ2n) is 3.48. The number of aryl methyl sites for hydroxylation is 1.